The van der Waals surface area contributed by atoms with Gasteiger partial charge in [-0.25, -0.2) is 9.78 Å². The maximum Gasteiger partial charge on any atom is 0.337 e. The number of rotatable bonds is 9. The van der Waals surface area contributed by atoms with E-state index in [1.165, 1.54) is 13.2 Å². The molecule has 0 saturated carbocycles. The molecular weight excluding hydrogens is 396 g/mol. The summed E-state index contributed by atoms with van der Waals surface area (Å²) in [5.41, 5.74) is 1.38. The van der Waals surface area contributed by atoms with Crippen LogP contribution in [0.4, 0.5) is 0 Å². The van der Waals surface area contributed by atoms with Crippen molar-refractivity contribution in [3.63, 3.8) is 0 Å². The van der Waals surface area contributed by atoms with Crippen molar-refractivity contribution in [1.29, 1.82) is 0 Å². The third kappa shape index (κ3) is 6.05. The zero-order valence-electron chi connectivity index (χ0n) is 17.5. The topological polar surface area (TPSA) is 86.8 Å². The Morgan fingerprint density at radius 2 is 1.71 bits per heavy atom. The van der Waals surface area contributed by atoms with Gasteiger partial charge in [-0.2, -0.15) is 0 Å². The normalized spacial score (nSPS) is 10.3. The summed E-state index contributed by atoms with van der Waals surface area (Å²) in [5.74, 6) is 0.966. The molecule has 7 heteroatoms. The molecule has 3 aromatic rings. The maximum atomic E-state index is 12.5. The number of methoxy groups -OCH3 is 1. The van der Waals surface area contributed by atoms with Crippen molar-refractivity contribution >= 4 is 11.9 Å². The highest BCUT2D eigenvalue weighted by Gasteiger charge is 2.12. The van der Waals surface area contributed by atoms with E-state index in [2.05, 4.69) is 17.2 Å². The monoisotopic (exact) mass is 420 g/mol. The highest BCUT2D eigenvalue weighted by Crippen LogP contribution is 2.25. The van der Waals surface area contributed by atoms with E-state index < -0.39 is 5.97 Å². The van der Waals surface area contributed by atoms with Crippen LogP contribution in [0.5, 0.6) is 17.4 Å². The third-order valence-corrected chi connectivity index (χ3v) is 4.35. The average Bonchev–Trinajstić information content (AvgIpc) is 2.82. The Bertz CT molecular complexity index is 1030. The van der Waals surface area contributed by atoms with E-state index in [-0.39, 0.29) is 12.5 Å². The predicted molar refractivity (Wildman–Crippen MR) is 115 cm³/mol. The van der Waals surface area contributed by atoms with Crippen molar-refractivity contribution < 1.29 is 23.8 Å². The molecule has 0 spiro atoms. The minimum absolute atomic E-state index is 0.210. The summed E-state index contributed by atoms with van der Waals surface area (Å²) in [7, 11) is 1.30. The van der Waals surface area contributed by atoms with Crippen LogP contribution < -0.4 is 14.8 Å². The van der Waals surface area contributed by atoms with Gasteiger partial charge in [-0.1, -0.05) is 19.1 Å². The van der Waals surface area contributed by atoms with Gasteiger partial charge in [0.05, 0.1) is 19.3 Å². The van der Waals surface area contributed by atoms with Crippen molar-refractivity contribution in [1.82, 2.24) is 10.3 Å². The second kappa shape index (κ2) is 10.8. The van der Waals surface area contributed by atoms with Gasteiger partial charge in [0, 0.05) is 23.9 Å². The molecule has 3 rings (SSSR count). The fraction of sp³-hybridized carbons (Fsp3) is 0.208. The molecular formula is C24H24N2O5. The van der Waals surface area contributed by atoms with Crippen LogP contribution in [0, 0.1) is 0 Å². The van der Waals surface area contributed by atoms with Crippen molar-refractivity contribution in [3.8, 4) is 17.4 Å². The lowest BCUT2D eigenvalue weighted by Gasteiger charge is -2.12. The lowest BCUT2D eigenvalue weighted by molar-refractivity contribution is 0.0600. The van der Waals surface area contributed by atoms with Gasteiger partial charge >= 0.3 is 5.97 Å². The molecule has 1 N–H and O–H groups in total. The van der Waals surface area contributed by atoms with Gasteiger partial charge in [0.2, 0.25) is 5.88 Å². The molecule has 0 bridgehead atoms. The molecule has 2 aromatic carbocycles. The average molecular weight is 420 g/mol. The molecule has 0 aliphatic rings. The summed E-state index contributed by atoms with van der Waals surface area (Å²) in [5, 5.41) is 2.83. The molecule has 1 heterocycles. The second-order valence-electron chi connectivity index (χ2n) is 6.64. The Morgan fingerprint density at radius 1 is 0.968 bits per heavy atom. The van der Waals surface area contributed by atoms with E-state index in [1.54, 1.807) is 42.6 Å². The summed E-state index contributed by atoms with van der Waals surface area (Å²) in [4.78, 5) is 28.5. The quantitative estimate of drug-likeness (QED) is 0.517. The standard InChI is InChI=1S/C24H24N2O5/c1-3-14-30-20-9-11-21(12-10-20)31-23-19(8-5-13-25-23)16-26-22(27)17-6-4-7-18(15-17)24(28)29-2/h4-13,15H,3,14,16H2,1-2H3,(H,26,27). The van der Waals surface area contributed by atoms with Crippen molar-refractivity contribution in [2.24, 2.45) is 0 Å². The van der Waals surface area contributed by atoms with E-state index in [1.807, 2.05) is 18.2 Å². The first-order chi connectivity index (χ1) is 15.1. The number of carbonyl (C=O) groups is 2. The molecule has 0 aliphatic heterocycles. The number of aromatic nitrogens is 1. The Hall–Kier alpha value is -3.87. The van der Waals surface area contributed by atoms with E-state index in [9.17, 15) is 9.59 Å². The van der Waals surface area contributed by atoms with Crippen LogP contribution in [0.15, 0.2) is 66.9 Å². The molecule has 0 aliphatic carbocycles. The number of nitrogens with one attached hydrogen (secondary N) is 1. The van der Waals surface area contributed by atoms with E-state index >= 15 is 0 Å². The predicted octanol–water partition coefficient (Wildman–Crippen LogP) is 4.38. The van der Waals surface area contributed by atoms with Crippen LogP contribution in [0.2, 0.25) is 0 Å². The number of hydrogen-bond acceptors (Lipinski definition) is 6. The van der Waals surface area contributed by atoms with Crippen LogP contribution in [-0.4, -0.2) is 30.6 Å². The number of pyridine rings is 1. The number of ether oxygens (including phenoxy) is 3. The molecule has 160 valence electrons. The highest BCUT2D eigenvalue weighted by atomic mass is 16.5. The van der Waals surface area contributed by atoms with Gasteiger partial charge in [-0.3, -0.25) is 4.79 Å². The van der Waals surface area contributed by atoms with Gasteiger partial charge in [-0.15, -0.1) is 0 Å². The summed E-state index contributed by atoms with van der Waals surface area (Å²) in [6, 6.07) is 17.2. The fourth-order valence-electron chi connectivity index (χ4n) is 2.77. The minimum Gasteiger partial charge on any atom is -0.494 e. The molecule has 0 saturated heterocycles. The molecule has 0 atom stereocenters. The zero-order valence-corrected chi connectivity index (χ0v) is 17.5. The minimum atomic E-state index is -0.497. The molecule has 7 nitrogen and oxygen atoms in total. The van der Waals surface area contributed by atoms with Gasteiger partial charge in [0.1, 0.15) is 11.5 Å². The number of nitrogens with zero attached hydrogens (tertiary/aromatic N) is 1. The van der Waals surface area contributed by atoms with Crippen molar-refractivity contribution in [2.75, 3.05) is 13.7 Å². The fourth-order valence-corrected chi connectivity index (χ4v) is 2.77. The van der Waals surface area contributed by atoms with E-state index in [4.69, 9.17) is 14.2 Å². The number of esters is 1. The summed E-state index contributed by atoms with van der Waals surface area (Å²) < 4.78 is 16.2. The number of amides is 1. The molecule has 1 aromatic heterocycles. The zero-order chi connectivity index (χ0) is 22.1. The Labute approximate surface area is 181 Å². The highest BCUT2D eigenvalue weighted by molar-refractivity contribution is 5.97. The van der Waals surface area contributed by atoms with Crippen molar-refractivity contribution in [3.05, 3.63) is 83.6 Å². The second-order valence-corrected chi connectivity index (χ2v) is 6.64. The Kier molecular flexibility index (Phi) is 7.59. The van der Waals surface area contributed by atoms with Crippen LogP contribution in [-0.2, 0) is 11.3 Å². The Morgan fingerprint density at radius 3 is 2.45 bits per heavy atom. The molecule has 31 heavy (non-hydrogen) atoms. The Balaban J connectivity index is 1.65. The number of carbonyl (C=O) groups excluding carboxylic acids is 2. The van der Waals surface area contributed by atoms with Gasteiger partial charge in [0.25, 0.3) is 5.91 Å². The van der Waals surface area contributed by atoms with Crippen LogP contribution >= 0.6 is 0 Å². The van der Waals surface area contributed by atoms with E-state index in [0.29, 0.717) is 34.9 Å². The maximum absolute atomic E-state index is 12.5. The SMILES string of the molecule is CCCOc1ccc(Oc2ncccc2CNC(=O)c2cccc(C(=O)OC)c2)cc1. The molecule has 0 radical (unpaired) electrons. The molecule has 0 unspecified atom stereocenters. The first-order valence-electron chi connectivity index (χ1n) is 9.92. The summed E-state index contributed by atoms with van der Waals surface area (Å²) in [6.07, 6.45) is 2.56. The number of hydrogen-bond donors (Lipinski definition) is 1. The smallest absolute Gasteiger partial charge is 0.337 e. The summed E-state index contributed by atoms with van der Waals surface area (Å²) in [6.45, 7) is 2.92. The number of benzene rings is 2. The van der Waals surface area contributed by atoms with E-state index in [0.717, 1.165) is 12.2 Å². The van der Waals surface area contributed by atoms with Crippen LogP contribution in [0.3, 0.4) is 0 Å². The molecule has 1 amide bonds. The molecule has 0 fully saturated rings. The summed E-state index contributed by atoms with van der Waals surface area (Å²) >= 11 is 0. The largest absolute Gasteiger partial charge is 0.494 e. The van der Waals surface area contributed by atoms with Crippen LogP contribution in [0.25, 0.3) is 0 Å². The first kappa shape index (κ1) is 21.8. The van der Waals surface area contributed by atoms with Gasteiger partial charge < -0.3 is 19.5 Å². The van der Waals surface area contributed by atoms with Crippen molar-refractivity contribution in [2.45, 2.75) is 19.9 Å². The van der Waals surface area contributed by atoms with Gasteiger partial charge in [0.15, 0.2) is 0 Å². The van der Waals surface area contributed by atoms with Gasteiger partial charge in [-0.05, 0) is 55.0 Å². The van der Waals surface area contributed by atoms with Crippen LogP contribution in [0.1, 0.15) is 39.6 Å². The lowest BCUT2D eigenvalue weighted by atomic mass is 10.1. The lowest BCUT2D eigenvalue weighted by Crippen LogP contribution is -2.23. The first-order valence-corrected chi connectivity index (χ1v) is 9.92. The third-order valence-electron chi connectivity index (χ3n) is 4.35.